The van der Waals surface area contributed by atoms with Crippen molar-refractivity contribution in [2.75, 3.05) is 36.9 Å². The van der Waals surface area contributed by atoms with Gasteiger partial charge in [0.1, 0.15) is 5.75 Å². The molecule has 4 nitrogen and oxygen atoms in total. The van der Waals surface area contributed by atoms with Crippen molar-refractivity contribution in [1.29, 1.82) is 0 Å². The largest absolute Gasteiger partial charge is 0.492 e. The first-order chi connectivity index (χ1) is 8.53. The van der Waals surface area contributed by atoms with Crippen LogP contribution in [0.4, 0.5) is 11.4 Å². The third-order valence-corrected chi connectivity index (χ3v) is 3.11. The first-order valence-electron chi connectivity index (χ1n) is 6.44. The molecule has 1 saturated heterocycles. The molecule has 100 valence electrons. The minimum absolute atomic E-state index is 0.133. The number of para-hydroxylation sites is 1. The van der Waals surface area contributed by atoms with E-state index >= 15 is 0 Å². The standard InChI is InChI=1S/C14H22N2O2/c1-4-17-12-7-5-6-11(13(12)15)16-8-9-18-14(2,3)10-16/h5-7H,4,8-10,15H2,1-3H3. The Hall–Kier alpha value is -1.42. The van der Waals surface area contributed by atoms with Crippen molar-refractivity contribution in [2.45, 2.75) is 26.4 Å². The van der Waals surface area contributed by atoms with Gasteiger partial charge in [0.05, 0.1) is 30.2 Å². The predicted octanol–water partition coefficient (Wildman–Crippen LogP) is 2.28. The van der Waals surface area contributed by atoms with Gasteiger partial charge in [-0.1, -0.05) is 6.07 Å². The average molecular weight is 250 g/mol. The lowest BCUT2D eigenvalue weighted by Gasteiger charge is -2.40. The second-order valence-corrected chi connectivity index (χ2v) is 5.15. The highest BCUT2D eigenvalue weighted by molar-refractivity contribution is 5.74. The SMILES string of the molecule is CCOc1cccc(N2CCOC(C)(C)C2)c1N. The van der Waals surface area contributed by atoms with Gasteiger partial charge >= 0.3 is 0 Å². The van der Waals surface area contributed by atoms with E-state index in [0.29, 0.717) is 6.61 Å². The average Bonchev–Trinajstić information content (AvgIpc) is 2.31. The number of hydrogen-bond acceptors (Lipinski definition) is 4. The van der Waals surface area contributed by atoms with E-state index < -0.39 is 0 Å². The molecule has 0 spiro atoms. The fourth-order valence-electron chi connectivity index (χ4n) is 2.31. The summed E-state index contributed by atoms with van der Waals surface area (Å²) in [5, 5.41) is 0. The van der Waals surface area contributed by atoms with Crippen LogP contribution < -0.4 is 15.4 Å². The van der Waals surface area contributed by atoms with Crippen LogP contribution >= 0.6 is 0 Å². The van der Waals surface area contributed by atoms with Crippen LogP contribution in [0.2, 0.25) is 0 Å². The minimum Gasteiger partial charge on any atom is -0.492 e. The number of nitrogens with zero attached hydrogens (tertiary/aromatic N) is 1. The summed E-state index contributed by atoms with van der Waals surface area (Å²) < 4.78 is 11.3. The van der Waals surface area contributed by atoms with E-state index in [-0.39, 0.29) is 5.60 Å². The highest BCUT2D eigenvalue weighted by Crippen LogP contribution is 2.34. The first kappa shape index (κ1) is 13.0. The monoisotopic (exact) mass is 250 g/mol. The van der Waals surface area contributed by atoms with E-state index in [1.165, 1.54) is 0 Å². The van der Waals surface area contributed by atoms with Gasteiger partial charge in [-0.05, 0) is 32.9 Å². The molecule has 0 unspecified atom stereocenters. The molecule has 0 radical (unpaired) electrons. The lowest BCUT2D eigenvalue weighted by Crippen LogP contribution is -2.48. The molecule has 0 aliphatic carbocycles. The Morgan fingerprint density at radius 2 is 2.22 bits per heavy atom. The van der Waals surface area contributed by atoms with Gasteiger partial charge in [-0.2, -0.15) is 0 Å². The second kappa shape index (κ2) is 5.06. The highest BCUT2D eigenvalue weighted by Gasteiger charge is 2.28. The van der Waals surface area contributed by atoms with E-state index in [2.05, 4.69) is 18.7 Å². The number of rotatable bonds is 3. The van der Waals surface area contributed by atoms with Crippen LogP contribution in [0, 0.1) is 0 Å². The van der Waals surface area contributed by atoms with Gasteiger partial charge in [0.2, 0.25) is 0 Å². The van der Waals surface area contributed by atoms with Gasteiger partial charge in [0.15, 0.2) is 0 Å². The lowest BCUT2D eigenvalue weighted by atomic mass is 10.1. The molecule has 1 fully saturated rings. The van der Waals surface area contributed by atoms with E-state index in [0.717, 1.165) is 36.8 Å². The van der Waals surface area contributed by atoms with Gasteiger partial charge < -0.3 is 20.1 Å². The molecule has 2 N–H and O–H groups in total. The van der Waals surface area contributed by atoms with Crippen molar-refractivity contribution < 1.29 is 9.47 Å². The molecule has 0 amide bonds. The molecular formula is C14H22N2O2. The summed E-state index contributed by atoms with van der Waals surface area (Å²) in [5.74, 6) is 0.763. The summed E-state index contributed by atoms with van der Waals surface area (Å²) in [5.41, 5.74) is 7.81. The molecule has 0 saturated carbocycles. The van der Waals surface area contributed by atoms with Crippen molar-refractivity contribution in [3.05, 3.63) is 18.2 Å². The maximum Gasteiger partial charge on any atom is 0.144 e. The van der Waals surface area contributed by atoms with Crippen LogP contribution in [-0.4, -0.2) is 31.9 Å². The van der Waals surface area contributed by atoms with Gasteiger partial charge in [0.25, 0.3) is 0 Å². The van der Waals surface area contributed by atoms with Crippen LogP contribution in [0.5, 0.6) is 5.75 Å². The van der Waals surface area contributed by atoms with Crippen LogP contribution in [0.25, 0.3) is 0 Å². The number of morpholine rings is 1. The zero-order valence-corrected chi connectivity index (χ0v) is 11.4. The van der Waals surface area contributed by atoms with Crippen molar-refractivity contribution in [2.24, 2.45) is 0 Å². The Kier molecular flexibility index (Phi) is 3.66. The molecule has 18 heavy (non-hydrogen) atoms. The molecule has 1 heterocycles. The molecule has 0 aromatic heterocycles. The third-order valence-electron chi connectivity index (χ3n) is 3.11. The maximum absolute atomic E-state index is 6.18. The Balaban J connectivity index is 2.25. The van der Waals surface area contributed by atoms with Crippen LogP contribution in [0.1, 0.15) is 20.8 Å². The van der Waals surface area contributed by atoms with E-state index in [4.69, 9.17) is 15.2 Å². The molecule has 1 aromatic rings. The third kappa shape index (κ3) is 2.70. The minimum atomic E-state index is -0.133. The Bertz CT molecular complexity index is 418. The molecule has 0 atom stereocenters. The maximum atomic E-state index is 6.18. The molecule has 2 rings (SSSR count). The number of nitrogen functional groups attached to an aromatic ring is 1. The topological polar surface area (TPSA) is 47.7 Å². The van der Waals surface area contributed by atoms with Gasteiger partial charge in [-0.25, -0.2) is 0 Å². The quantitative estimate of drug-likeness (QED) is 0.836. The number of hydrogen-bond donors (Lipinski definition) is 1. The number of ether oxygens (including phenoxy) is 2. The van der Waals surface area contributed by atoms with Gasteiger partial charge in [0, 0.05) is 13.1 Å². The number of nitrogens with two attached hydrogens (primary N) is 1. The van der Waals surface area contributed by atoms with E-state index in [1.54, 1.807) is 0 Å². The Labute approximate surface area is 109 Å². The molecule has 4 heteroatoms. The van der Waals surface area contributed by atoms with Crippen LogP contribution in [0.15, 0.2) is 18.2 Å². The van der Waals surface area contributed by atoms with Crippen LogP contribution in [-0.2, 0) is 4.74 Å². The Morgan fingerprint density at radius 3 is 2.89 bits per heavy atom. The van der Waals surface area contributed by atoms with Gasteiger partial charge in [-0.3, -0.25) is 0 Å². The van der Waals surface area contributed by atoms with E-state index in [9.17, 15) is 0 Å². The molecule has 1 aliphatic heterocycles. The van der Waals surface area contributed by atoms with Crippen molar-refractivity contribution in [1.82, 2.24) is 0 Å². The fraction of sp³-hybridized carbons (Fsp3) is 0.571. The highest BCUT2D eigenvalue weighted by atomic mass is 16.5. The summed E-state index contributed by atoms with van der Waals surface area (Å²) >= 11 is 0. The van der Waals surface area contributed by atoms with Gasteiger partial charge in [-0.15, -0.1) is 0 Å². The normalized spacial score (nSPS) is 18.7. The number of anilines is 2. The zero-order chi connectivity index (χ0) is 13.2. The second-order valence-electron chi connectivity index (χ2n) is 5.15. The first-order valence-corrected chi connectivity index (χ1v) is 6.44. The molecule has 1 aromatic carbocycles. The summed E-state index contributed by atoms with van der Waals surface area (Å²) in [6.07, 6.45) is 0. The summed E-state index contributed by atoms with van der Waals surface area (Å²) in [4.78, 5) is 2.27. The number of benzene rings is 1. The summed E-state index contributed by atoms with van der Waals surface area (Å²) in [7, 11) is 0. The Morgan fingerprint density at radius 1 is 1.44 bits per heavy atom. The zero-order valence-electron chi connectivity index (χ0n) is 11.4. The molecular weight excluding hydrogens is 228 g/mol. The molecule has 0 bridgehead atoms. The lowest BCUT2D eigenvalue weighted by molar-refractivity contribution is -0.0276. The van der Waals surface area contributed by atoms with Crippen molar-refractivity contribution in [3.8, 4) is 5.75 Å². The summed E-state index contributed by atoms with van der Waals surface area (Å²) in [6.45, 7) is 9.22. The molecule has 1 aliphatic rings. The van der Waals surface area contributed by atoms with Crippen molar-refractivity contribution >= 4 is 11.4 Å². The predicted molar refractivity (Wildman–Crippen MR) is 74.3 cm³/mol. The smallest absolute Gasteiger partial charge is 0.144 e. The van der Waals surface area contributed by atoms with Crippen molar-refractivity contribution in [3.63, 3.8) is 0 Å². The van der Waals surface area contributed by atoms with E-state index in [1.807, 2.05) is 25.1 Å². The fourth-order valence-corrected chi connectivity index (χ4v) is 2.31. The summed E-state index contributed by atoms with van der Waals surface area (Å²) in [6, 6.07) is 5.94. The van der Waals surface area contributed by atoms with Crippen LogP contribution in [0.3, 0.4) is 0 Å².